The first-order chi connectivity index (χ1) is 19.2. The molecule has 7 heteroatoms. The normalized spacial score (nSPS) is 18.7. The first-order valence-corrected chi connectivity index (χ1v) is 14.6. The van der Waals surface area contributed by atoms with Crippen molar-refractivity contribution in [2.45, 2.75) is 64.1 Å². The molecule has 4 rings (SSSR count). The number of benzene rings is 2. The molecule has 2 aromatic rings. The lowest BCUT2D eigenvalue weighted by Crippen LogP contribution is -2.45. The van der Waals surface area contributed by atoms with Gasteiger partial charge in [-0.1, -0.05) is 55.5 Å². The number of hydrogen-bond acceptors (Lipinski definition) is 7. The van der Waals surface area contributed by atoms with Gasteiger partial charge in [0, 0.05) is 51.0 Å². The molecule has 0 spiro atoms. The zero-order valence-electron chi connectivity index (χ0n) is 24.5. The highest BCUT2D eigenvalue weighted by atomic mass is 16.6. The van der Waals surface area contributed by atoms with Gasteiger partial charge in [-0.15, -0.1) is 0 Å². The summed E-state index contributed by atoms with van der Waals surface area (Å²) >= 11 is 0. The number of anilines is 1. The van der Waals surface area contributed by atoms with E-state index in [0.29, 0.717) is 6.54 Å². The SMILES string of the molecule is CCC(C)(C)C(=O)OC1(c2cccc(N(C)C/C=C/C(=O)OC3(c4ccccc4)CCNCC3)c2)CCNCC1. The van der Waals surface area contributed by atoms with Gasteiger partial charge < -0.3 is 25.0 Å². The van der Waals surface area contributed by atoms with E-state index in [1.165, 1.54) is 6.08 Å². The zero-order valence-corrected chi connectivity index (χ0v) is 24.5. The minimum absolute atomic E-state index is 0.154. The van der Waals surface area contributed by atoms with Crippen LogP contribution in [0.5, 0.6) is 0 Å². The van der Waals surface area contributed by atoms with Crippen LogP contribution in [-0.2, 0) is 30.3 Å². The highest BCUT2D eigenvalue weighted by Crippen LogP contribution is 2.39. The molecule has 2 aromatic carbocycles. The molecule has 0 unspecified atom stereocenters. The van der Waals surface area contributed by atoms with E-state index in [1.807, 2.05) is 76.4 Å². The molecule has 2 saturated heterocycles. The number of ether oxygens (including phenoxy) is 2. The fourth-order valence-electron chi connectivity index (χ4n) is 5.43. The molecule has 0 saturated carbocycles. The van der Waals surface area contributed by atoms with E-state index < -0.39 is 16.6 Å². The molecule has 0 bridgehead atoms. The number of esters is 2. The minimum Gasteiger partial charge on any atom is -0.454 e. The number of nitrogens with zero attached hydrogens (tertiary/aromatic N) is 1. The standard InChI is InChI=1S/C33H45N3O4/c1-5-31(2,3)30(38)40-33(18-22-35-23-19-33)27-13-9-14-28(25-27)36(4)24-10-15-29(37)39-32(16-20-34-21-17-32)26-11-7-6-8-12-26/h6-15,25,34-35H,5,16-24H2,1-4H3/b15-10+. The van der Waals surface area contributed by atoms with E-state index in [2.05, 4.69) is 27.7 Å². The van der Waals surface area contributed by atoms with Crippen LogP contribution in [-0.4, -0.2) is 51.7 Å². The summed E-state index contributed by atoms with van der Waals surface area (Å²) in [5, 5.41) is 6.76. The molecule has 0 amide bonds. The van der Waals surface area contributed by atoms with Crippen molar-refractivity contribution in [3.05, 3.63) is 77.9 Å². The van der Waals surface area contributed by atoms with Crippen LogP contribution in [0, 0.1) is 5.41 Å². The summed E-state index contributed by atoms with van der Waals surface area (Å²) in [5.41, 5.74) is 1.28. The summed E-state index contributed by atoms with van der Waals surface area (Å²) < 4.78 is 12.4. The van der Waals surface area contributed by atoms with E-state index in [9.17, 15) is 9.59 Å². The summed E-state index contributed by atoms with van der Waals surface area (Å²) in [4.78, 5) is 28.1. The average molecular weight is 548 g/mol. The Balaban J connectivity index is 1.44. The molecule has 0 atom stereocenters. The Morgan fingerprint density at radius 3 is 2.05 bits per heavy atom. The number of carbonyl (C=O) groups is 2. The van der Waals surface area contributed by atoms with Gasteiger partial charge in [-0.2, -0.15) is 0 Å². The molecular formula is C33H45N3O4. The Morgan fingerprint density at radius 1 is 0.875 bits per heavy atom. The quantitative estimate of drug-likeness (QED) is 0.318. The van der Waals surface area contributed by atoms with Gasteiger partial charge >= 0.3 is 11.9 Å². The fourth-order valence-corrected chi connectivity index (χ4v) is 5.43. The second kappa shape index (κ2) is 13.0. The lowest BCUT2D eigenvalue weighted by Gasteiger charge is -2.40. The topological polar surface area (TPSA) is 79.9 Å². The molecule has 2 aliphatic rings. The van der Waals surface area contributed by atoms with E-state index in [4.69, 9.17) is 9.47 Å². The van der Waals surface area contributed by atoms with Gasteiger partial charge in [0.1, 0.15) is 11.2 Å². The van der Waals surface area contributed by atoms with Crippen LogP contribution >= 0.6 is 0 Å². The number of rotatable bonds is 10. The molecule has 2 fully saturated rings. The zero-order chi connectivity index (χ0) is 28.6. The maximum Gasteiger partial charge on any atom is 0.331 e. The number of nitrogens with one attached hydrogen (secondary N) is 2. The summed E-state index contributed by atoms with van der Waals surface area (Å²) in [6.07, 6.45) is 7.07. The number of likely N-dealkylation sites (N-methyl/N-ethyl adjacent to an activating group) is 1. The number of carbonyl (C=O) groups excluding carboxylic acids is 2. The average Bonchev–Trinajstić information content (AvgIpc) is 2.98. The minimum atomic E-state index is -0.647. The van der Waals surface area contributed by atoms with E-state index in [0.717, 1.165) is 75.1 Å². The van der Waals surface area contributed by atoms with Crippen molar-refractivity contribution in [1.29, 1.82) is 0 Å². The second-order valence-corrected chi connectivity index (χ2v) is 11.7. The van der Waals surface area contributed by atoms with Crippen molar-refractivity contribution < 1.29 is 19.1 Å². The Labute approximate surface area is 239 Å². The smallest absolute Gasteiger partial charge is 0.331 e. The van der Waals surface area contributed by atoms with Crippen LogP contribution in [0.25, 0.3) is 0 Å². The summed E-state index contributed by atoms with van der Waals surface area (Å²) in [6.45, 7) is 9.66. The predicted molar refractivity (Wildman–Crippen MR) is 159 cm³/mol. The number of hydrogen-bond donors (Lipinski definition) is 2. The van der Waals surface area contributed by atoms with E-state index >= 15 is 0 Å². The first kappa shape index (κ1) is 29.8. The molecule has 2 N–H and O–H groups in total. The molecular weight excluding hydrogens is 502 g/mol. The number of piperidine rings is 2. The van der Waals surface area contributed by atoms with Gasteiger partial charge in [0.15, 0.2) is 0 Å². The monoisotopic (exact) mass is 547 g/mol. The maximum absolute atomic E-state index is 13.1. The second-order valence-electron chi connectivity index (χ2n) is 11.7. The van der Waals surface area contributed by atoms with Gasteiger partial charge in [0.05, 0.1) is 5.41 Å². The van der Waals surface area contributed by atoms with Crippen LogP contribution in [0.1, 0.15) is 64.0 Å². The molecule has 0 radical (unpaired) electrons. The van der Waals surface area contributed by atoms with Gasteiger partial charge in [0.25, 0.3) is 0 Å². The third-order valence-electron chi connectivity index (χ3n) is 8.59. The van der Waals surface area contributed by atoms with Crippen LogP contribution < -0.4 is 15.5 Å². The maximum atomic E-state index is 13.1. The van der Waals surface area contributed by atoms with Gasteiger partial charge in [-0.3, -0.25) is 4.79 Å². The Bertz CT molecular complexity index is 1170. The summed E-state index contributed by atoms with van der Waals surface area (Å²) in [6, 6.07) is 18.3. The van der Waals surface area contributed by atoms with Crippen molar-refractivity contribution in [2.75, 3.05) is 44.7 Å². The summed E-state index contributed by atoms with van der Waals surface area (Å²) in [7, 11) is 1.99. The molecule has 2 heterocycles. The lowest BCUT2D eigenvalue weighted by molar-refractivity contribution is -0.175. The summed E-state index contributed by atoms with van der Waals surface area (Å²) in [5.74, 6) is -0.480. The Hall–Kier alpha value is -3.16. The Morgan fingerprint density at radius 2 is 1.45 bits per heavy atom. The lowest BCUT2D eigenvalue weighted by atomic mass is 9.83. The van der Waals surface area contributed by atoms with Gasteiger partial charge in [0.2, 0.25) is 0 Å². The van der Waals surface area contributed by atoms with Crippen molar-refractivity contribution in [3.63, 3.8) is 0 Å². The van der Waals surface area contributed by atoms with Crippen LogP contribution in [0.3, 0.4) is 0 Å². The fraction of sp³-hybridized carbons (Fsp3) is 0.515. The van der Waals surface area contributed by atoms with Crippen LogP contribution in [0.2, 0.25) is 0 Å². The third-order valence-corrected chi connectivity index (χ3v) is 8.59. The van der Waals surface area contributed by atoms with Gasteiger partial charge in [-0.25, -0.2) is 4.79 Å². The van der Waals surface area contributed by atoms with Crippen molar-refractivity contribution in [2.24, 2.45) is 5.41 Å². The highest BCUT2D eigenvalue weighted by molar-refractivity contribution is 5.82. The Kier molecular flexibility index (Phi) is 9.69. The molecule has 40 heavy (non-hydrogen) atoms. The van der Waals surface area contributed by atoms with E-state index in [-0.39, 0.29) is 11.9 Å². The van der Waals surface area contributed by atoms with Crippen LogP contribution in [0.15, 0.2) is 66.7 Å². The van der Waals surface area contributed by atoms with Gasteiger partial charge in [-0.05, 0) is 69.7 Å². The third kappa shape index (κ3) is 6.94. The van der Waals surface area contributed by atoms with Crippen molar-refractivity contribution in [1.82, 2.24) is 10.6 Å². The molecule has 0 aliphatic carbocycles. The molecule has 216 valence electrons. The predicted octanol–water partition coefficient (Wildman–Crippen LogP) is 5.06. The first-order valence-electron chi connectivity index (χ1n) is 14.6. The highest BCUT2D eigenvalue weighted by Gasteiger charge is 2.41. The van der Waals surface area contributed by atoms with Crippen LogP contribution in [0.4, 0.5) is 5.69 Å². The van der Waals surface area contributed by atoms with Crippen molar-refractivity contribution in [3.8, 4) is 0 Å². The molecule has 7 nitrogen and oxygen atoms in total. The molecule has 0 aromatic heterocycles. The largest absolute Gasteiger partial charge is 0.454 e. The van der Waals surface area contributed by atoms with Crippen molar-refractivity contribution >= 4 is 17.6 Å². The molecule has 2 aliphatic heterocycles. The van der Waals surface area contributed by atoms with E-state index in [1.54, 1.807) is 0 Å².